The molecule has 1 N–H and O–H groups in total. The van der Waals surface area contributed by atoms with Gasteiger partial charge in [-0.15, -0.1) is 0 Å². The molecular formula is C22H25ClF2N4O2. The Bertz CT molecular complexity index is 1030. The van der Waals surface area contributed by atoms with Crippen LogP contribution < -0.4 is 4.74 Å². The van der Waals surface area contributed by atoms with Gasteiger partial charge in [0.05, 0.1) is 17.9 Å². The zero-order valence-corrected chi connectivity index (χ0v) is 17.9. The van der Waals surface area contributed by atoms with Gasteiger partial charge in [0.1, 0.15) is 28.9 Å². The molecule has 0 spiro atoms. The zero-order valence-electron chi connectivity index (χ0n) is 17.2. The molecule has 0 aliphatic heterocycles. The Morgan fingerprint density at radius 3 is 2.45 bits per heavy atom. The van der Waals surface area contributed by atoms with Crippen molar-refractivity contribution in [2.24, 2.45) is 0 Å². The normalized spacial score (nSPS) is 15.4. The lowest BCUT2D eigenvalue weighted by atomic mass is 9.90. The Balaban J connectivity index is 1.80. The maximum absolute atomic E-state index is 15.2. The van der Waals surface area contributed by atoms with Gasteiger partial charge in [-0.1, -0.05) is 37.3 Å². The fourth-order valence-corrected chi connectivity index (χ4v) is 4.54. The molecule has 2 heterocycles. The molecule has 0 amide bonds. The predicted molar refractivity (Wildman–Crippen MR) is 113 cm³/mol. The van der Waals surface area contributed by atoms with Crippen molar-refractivity contribution in [1.29, 1.82) is 0 Å². The van der Waals surface area contributed by atoms with E-state index in [1.165, 1.54) is 6.33 Å². The van der Waals surface area contributed by atoms with Crippen molar-refractivity contribution in [1.82, 2.24) is 19.6 Å². The Labute approximate surface area is 184 Å². The van der Waals surface area contributed by atoms with Crippen LogP contribution >= 0.6 is 11.6 Å². The molecule has 166 valence electrons. The fourth-order valence-electron chi connectivity index (χ4n) is 4.27. The van der Waals surface area contributed by atoms with E-state index < -0.39 is 11.6 Å². The average Bonchev–Trinajstić information content (AvgIpc) is 3.03. The number of halogens is 3. The van der Waals surface area contributed by atoms with Crippen molar-refractivity contribution in [2.45, 2.75) is 57.3 Å². The highest BCUT2D eigenvalue weighted by Crippen LogP contribution is 2.42. The maximum Gasteiger partial charge on any atom is 0.253 e. The van der Waals surface area contributed by atoms with Crippen LogP contribution in [0.2, 0.25) is 5.15 Å². The molecule has 31 heavy (non-hydrogen) atoms. The molecule has 9 heteroatoms. The molecule has 1 saturated carbocycles. The lowest BCUT2D eigenvalue weighted by Crippen LogP contribution is -2.12. The molecule has 0 saturated heterocycles. The van der Waals surface area contributed by atoms with E-state index >= 15 is 8.78 Å². The van der Waals surface area contributed by atoms with Gasteiger partial charge in [0, 0.05) is 30.2 Å². The van der Waals surface area contributed by atoms with Gasteiger partial charge < -0.3 is 9.84 Å². The minimum absolute atomic E-state index is 0.00848. The summed E-state index contributed by atoms with van der Waals surface area (Å²) in [6.07, 6.45) is 8.64. The van der Waals surface area contributed by atoms with Crippen molar-refractivity contribution in [3.05, 3.63) is 40.9 Å². The molecule has 1 aliphatic rings. The number of unbranched alkanes of at least 4 members (excludes halogenated alkanes) is 1. The minimum Gasteiger partial charge on any atom is -0.493 e. The number of benzene rings is 1. The van der Waals surface area contributed by atoms with E-state index in [-0.39, 0.29) is 41.2 Å². The van der Waals surface area contributed by atoms with Gasteiger partial charge in [0.2, 0.25) is 0 Å². The second-order valence-electron chi connectivity index (χ2n) is 7.86. The summed E-state index contributed by atoms with van der Waals surface area (Å²) in [5.41, 5.74) is 0.661. The summed E-state index contributed by atoms with van der Waals surface area (Å²) in [6, 6.07) is 2.33. The van der Waals surface area contributed by atoms with Crippen LogP contribution in [0.5, 0.6) is 5.75 Å². The lowest BCUT2D eigenvalue weighted by Gasteiger charge is -2.21. The second-order valence-corrected chi connectivity index (χ2v) is 8.22. The first kappa shape index (κ1) is 21.9. The molecule has 0 unspecified atom stereocenters. The molecule has 3 aromatic rings. The molecular weight excluding hydrogens is 426 g/mol. The molecule has 2 aromatic heterocycles. The SMILES string of the molecule is OCCCCOc1cc(F)c(-c2c(Cl)nc3ncnn3c2C2CCCCCC2)c(F)c1. The number of fused-ring (bicyclic) bond motifs is 1. The van der Waals surface area contributed by atoms with E-state index in [1.807, 2.05) is 0 Å². The highest BCUT2D eigenvalue weighted by Gasteiger charge is 2.29. The van der Waals surface area contributed by atoms with Crippen molar-refractivity contribution in [2.75, 3.05) is 13.2 Å². The minimum atomic E-state index is -0.768. The Hall–Kier alpha value is -2.32. The van der Waals surface area contributed by atoms with Gasteiger partial charge in [-0.2, -0.15) is 15.1 Å². The molecule has 1 aliphatic carbocycles. The summed E-state index contributed by atoms with van der Waals surface area (Å²) in [6.45, 7) is 0.310. The first-order chi connectivity index (χ1) is 15.1. The predicted octanol–water partition coefficient (Wildman–Crippen LogP) is 5.31. The molecule has 1 fully saturated rings. The van der Waals surface area contributed by atoms with Crippen LogP contribution in [0.15, 0.2) is 18.5 Å². The number of rotatable bonds is 7. The Morgan fingerprint density at radius 1 is 1.06 bits per heavy atom. The molecule has 0 atom stereocenters. The molecule has 1 aromatic carbocycles. The van der Waals surface area contributed by atoms with Gasteiger partial charge in [-0.3, -0.25) is 0 Å². The summed E-state index contributed by atoms with van der Waals surface area (Å²) in [4.78, 5) is 8.36. The monoisotopic (exact) mass is 450 g/mol. The summed E-state index contributed by atoms with van der Waals surface area (Å²) in [5, 5.41) is 13.1. The van der Waals surface area contributed by atoms with Crippen LogP contribution in [-0.4, -0.2) is 37.9 Å². The lowest BCUT2D eigenvalue weighted by molar-refractivity contribution is 0.252. The van der Waals surface area contributed by atoms with Crippen LogP contribution in [0, 0.1) is 11.6 Å². The number of aliphatic hydroxyl groups is 1. The Morgan fingerprint density at radius 2 is 1.77 bits per heavy atom. The number of nitrogens with zero attached hydrogens (tertiary/aromatic N) is 4. The molecule has 4 rings (SSSR count). The summed E-state index contributed by atoms with van der Waals surface area (Å²) in [5.74, 6) is -1.07. The summed E-state index contributed by atoms with van der Waals surface area (Å²) in [7, 11) is 0. The molecule has 6 nitrogen and oxygen atoms in total. The largest absolute Gasteiger partial charge is 0.493 e. The Kier molecular flexibility index (Phi) is 6.97. The van der Waals surface area contributed by atoms with E-state index in [0.29, 0.717) is 24.3 Å². The average molecular weight is 451 g/mol. The third-order valence-corrected chi connectivity index (χ3v) is 6.02. The van der Waals surface area contributed by atoms with E-state index in [0.717, 1.165) is 50.7 Å². The highest BCUT2D eigenvalue weighted by molar-refractivity contribution is 6.32. The van der Waals surface area contributed by atoms with Crippen LogP contribution in [0.3, 0.4) is 0 Å². The smallest absolute Gasteiger partial charge is 0.253 e. The van der Waals surface area contributed by atoms with Crippen molar-refractivity contribution in [3.63, 3.8) is 0 Å². The van der Waals surface area contributed by atoms with Gasteiger partial charge in [0.15, 0.2) is 0 Å². The van der Waals surface area contributed by atoms with Gasteiger partial charge in [-0.05, 0) is 25.7 Å². The van der Waals surface area contributed by atoms with E-state index in [1.54, 1.807) is 4.52 Å². The third-order valence-electron chi connectivity index (χ3n) is 5.75. The first-order valence-corrected chi connectivity index (χ1v) is 11.1. The maximum atomic E-state index is 15.2. The second kappa shape index (κ2) is 9.87. The summed E-state index contributed by atoms with van der Waals surface area (Å²) >= 11 is 6.48. The first-order valence-electron chi connectivity index (χ1n) is 10.7. The van der Waals surface area contributed by atoms with Gasteiger partial charge >= 0.3 is 0 Å². The standard InChI is InChI=1S/C22H25ClF2N4O2/c23-21-19(18-16(24)11-15(12-17(18)25)31-10-6-5-9-30)20(14-7-3-1-2-4-8-14)29-22(28-21)26-13-27-29/h11-14,30H,1-10H2. The topological polar surface area (TPSA) is 72.5 Å². The highest BCUT2D eigenvalue weighted by atomic mass is 35.5. The third kappa shape index (κ3) is 4.65. The van der Waals surface area contributed by atoms with Crippen molar-refractivity contribution >= 4 is 17.4 Å². The number of aliphatic hydroxyl groups excluding tert-OH is 1. The van der Waals surface area contributed by atoms with E-state index in [9.17, 15) is 0 Å². The molecule has 0 radical (unpaired) electrons. The van der Waals surface area contributed by atoms with Crippen LogP contribution in [0.25, 0.3) is 16.9 Å². The number of ether oxygens (including phenoxy) is 1. The number of aromatic nitrogens is 4. The van der Waals surface area contributed by atoms with Crippen LogP contribution in [0.1, 0.15) is 63.0 Å². The number of hydrogen-bond donors (Lipinski definition) is 1. The van der Waals surface area contributed by atoms with E-state index in [2.05, 4.69) is 15.1 Å². The fraction of sp³-hybridized carbons (Fsp3) is 0.500. The van der Waals surface area contributed by atoms with Crippen molar-refractivity contribution in [3.8, 4) is 16.9 Å². The van der Waals surface area contributed by atoms with Gasteiger partial charge in [0.25, 0.3) is 5.78 Å². The van der Waals surface area contributed by atoms with E-state index in [4.69, 9.17) is 21.4 Å². The molecule has 0 bridgehead atoms. The van der Waals surface area contributed by atoms with Crippen LogP contribution in [0.4, 0.5) is 8.78 Å². The van der Waals surface area contributed by atoms with Gasteiger partial charge in [-0.25, -0.2) is 13.3 Å². The summed E-state index contributed by atoms with van der Waals surface area (Å²) < 4.78 is 37.4. The van der Waals surface area contributed by atoms with Crippen molar-refractivity contribution < 1.29 is 18.6 Å². The number of hydrogen-bond acceptors (Lipinski definition) is 5. The zero-order chi connectivity index (χ0) is 21.8. The van der Waals surface area contributed by atoms with Crippen LogP contribution in [-0.2, 0) is 0 Å². The quantitative estimate of drug-likeness (QED) is 0.300.